The Morgan fingerprint density at radius 2 is 1.68 bits per heavy atom. The SMILES string of the molecule is CC1CCN(c2ccc(NC(=O)CCN3CCN(C)CC3)cc2)CC1. The van der Waals surface area contributed by atoms with E-state index in [4.69, 9.17) is 0 Å². The first-order chi connectivity index (χ1) is 12.1. The molecule has 5 heteroatoms. The highest BCUT2D eigenvalue weighted by Gasteiger charge is 2.16. The van der Waals surface area contributed by atoms with Crippen molar-refractivity contribution in [1.29, 1.82) is 0 Å². The van der Waals surface area contributed by atoms with Gasteiger partial charge in [-0.1, -0.05) is 6.92 Å². The highest BCUT2D eigenvalue weighted by atomic mass is 16.1. The van der Waals surface area contributed by atoms with Gasteiger partial charge in [0.1, 0.15) is 0 Å². The number of nitrogens with zero attached hydrogens (tertiary/aromatic N) is 3. The Morgan fingerprint density at radius 3 is 2.32 bits per heavy atom. The summed E-state index contributed by atoms with van der Waals surface area (Å²) < 4.78 is 0. The highest BCUT2D eigenvalue weighted by Crippen LogP contribution is 2.24. The summed E-state index contributed by atoms with van der Waals surface area (Å²) in [5.41, 5.74) is 2.17. The van der Waals surface area contributed by atoms with Crippen LogP contribution >= 0.6 is 0 Å². The van der Waals surface area contributed by atoms with E-state index in [1.54, 1.807) is 0 Å². The number of benzene rings is 1. The van der Waals surface area contributed by atoms with Crippen LogP contribution in [0.2, 0.25) is 0 Å². The number of amides is 1. The Balaban J connectivity index is 1.42. The van der Waals surface area contributed by atoms with Gasteiger partial charge in [0.25, 0.3) is 0 Å². The van der Waals surface area contributed by atoms with Gasteiger partial charge in [-0.2, -0.15) is 0 Å². The summed E-state index contributed by atoms with van der Waals surface area (Å²) in [5, 5.41) is 3.03. The van der Waals surface area contributed by atoms with E-state index in [1.165, 1.54) is 18.5 Å². The van der Waals surface area contributed by atoms with Crippen molar-refractivity contribution in [3.05, 3.63) is 24.3 Å². The lowest BCUT2D eigenvalue weighted by Crippen LogP contribution is -2.45. The second-order valence-corrected chi connectivity index (χ2v) is 7.66. The Bertz CT molecular complexity index is 543. The van der Waals surface area contributed by atoms with E-state index in [9.17, 15) is 4.79 Å². The van der Waals surface area contributed by atoms with E-state index in [0.717, 1.165) is 57.4 Å². The van der Waals surface area contributed by atoms with Crippen LogP contribution < -0.4 is 10.2 Å². The van der Waals surface area contributed by atoms with Gasteiger partial charge in [0.2, 0.25) is 5.91 Å². The van der Waals surface area contributed by atoms with E-state index in [2.05, 4.69) is 46.1 Å². The van der Waals surface area contributed by atoms with Crippen molar-refractivity contribution >= 4 is 17.3 Å². The third-order valence-electron chi connectivity index (χ3n) is 5.55. The standard InChI is InChI=1S/C20H32N4O/c1-17-7-11-24(12-8-17)19-5-3-18(4-6-19)21-20(25)9-10-23-15-13-22(2)14-16-23/h3-6,17H,7-16H2,1-2H3,(H,21,25). The number of carbonyl (C=O) groups excluding carboxylic acids is 1. The maximum absolute atomic E-state index is 12.2. The zero-order valence-corrected chi connectivity index (χ0v) is 15.7. The van der Waals surface area contributed by atoms with Crippen LogP contribution in [0.5, 0.6) is 0 Å². The third kappa shape index (κ3) is 5.44. The number of anilines is 2. The molecule has 0 bridgehead atoms. The van der Waals surface area contributed by atoms with Gasteiger partial charge in [0, 0.05) is 63.6 Å². The fraction of sp³-hybridized carbons (Fsp3) is 0.650. The molecule has 138 valence electrons. The predicted molar refractivity (Wildman–Crippen MR) is 104 cm³/mol. The van der Waals surface area contributed by atoms with Gasteiger partial charge in [0.05, 0.1) is 0 Å². The van der Waals surface area contributed by atoms with E-state index in [-0.39, 0.29) is 5.91 Å². The van der Waals surface area contributed by atoms with Crippen LogP contribution in [0.1, 0.15) is 26.2 Å². The smallest absolute Gasteiger partial charge is 0.225 e. The maximum atomic E-state index is 12.2. The van der Waals surface area contributed by atoms with Crippen molar-refractivity contribution in [2.24, 2.45) is 5.92 Å². The van der Waals surface area contributed by atoms with Crippen LogP contribution in [0.3, 0.4) is 0 Å². The second-order valence-electron chi connectivity index (χ2n) is 7.66. The zero-order valence-electron chi connectivity index (χ0n) is 15.7. The summed E-state index contributed by atoms with van der Waals surface area (Å²) in [4.78, 5) is 19.3. The predicted octanol–water partition coefficient (Wildman–Crippen LogP) is 2.50. The molecule has 2 saturated heterocycles. The van der Waals surface area contributed by atoms with Crippen LogP contribution in [-0.2, 0) is 4.79 Å². The maximum Gasteiger partial charge on any atom is 0.225 e. The van der Waals surface area contributed by atoms with Gasteiger partial charge in [-0.3, -0.25) is 4.79 Å². The Morgan fingerprint density at radius 1 is 1.04 bits per heavy atom. The summed E-state index contributed by atoms with van der Waals surface area (Å²) in [6.45, 7) is 9.77. The molecule has 2 fully saturated rings. The van der Waals surface area contributed by atoms with Gasteiger partial charge < -0.3 is 20.0 Å². The molecule has 1 N–H and O–H groups in total. The summed E-state index contributed by atoms with van der Waals surface area (Å²) in [6, 6.07) is 8.32. The van der Waals surface area contributed by atoms with E-state index in [0.29, 0.717) is 6.42 Å². The van der Waals surface area contributed by atoms with E-state index < -0.39 is 0 Å². The number of piperazine rings is 1. The largest absolute Gasteiger partial charge is 0.372 e. The number of rotatable bonds is 5. The molecule has 5 nitrogen and oxygen atoms in total. The summed E-state index contributed by atoms with van der Waals surface area (Å²) in [6.07, 6.45) is 3.10. The molecule has 0 aliphatic carbocycles. The number of likely N-dealkylation sites (N-methyl/N-ethyl adjacent to an activating group) is 1. The van der Waals surface area contributed by atoms with Crippen molar-refractivity contribution < 1.29 is 4.79 Å². The van der Waals surface area contributed by atoms with E-state index >= 15 is 0 Å². The number of nitrogens with one attached hydrogen (secondary N) is 1. The van der Waals surface area contributed by atoms with Gasteiger partial charge in [-0.25, -0.2) is 0 Å². The lowest BCUT2D eigenvalue weighted by atomic mass is 9.99. The Hall–Kier alpha value is -1.59. The van der Waals surface area contributed by atoms with E-state index in [1.807, 2.05) is 12.1 Å². The fourth-order valence-corrected chi connectivity index (χ4v) is 3.58. The first kappa shape index (κ1) is 18.2. The average molecular weight is 345 g/mol. The van der Waals surface area contributed by atoms with Crippen molar-refractivity contribution in [3.8, 4) is 0 Å². The Labute approximate surface area is 152 Å². The molecule has 0 spiro atoms. The molecule has 2 aliphatic rings. The second kappa shape index (κ2) is 8.68. The highest BCUT2D eigenvalue weighted by molar-refractivity contribution is 5.91. The van der Waals surface area contributed by atoms with Crippen molar-refractivity contribution in [3.63, 3.8) is 0 Å². The third-order valence-corrected chi connectivity index (χ3v) is 5.55. The Kier molecular flexibility index (Phi) is 6.32. The quantitative estimate of drug-likeness (QED) is 0.891. The van der Waals surface area contributed by atoms with Gasteiger partial charge >= 0.3 is 0 Å². The van der Waals surface area contributed by atoms with Crippen LogP contribution in [0.25, 0.3) is 0 Å². The molecule has 0 aromatic heterocycles. The lowest BCUT2D eigenvalue weighted by molar-refractivity contribution is -0.116. The van der Waals surface area contributed by atoms with Gasteiger partial charge in [-0.05, 0) is 50.1 Å². The first-order valence-electron chi connectivity index (χ1n) is 9.66. The van der Waals surface area contributed by atoms with Crippen LogP contribution in [-0.4, -0.2) is 68.6 Å². The molecular weight excluding hydrogens is 312 g/mol. The minimum absolute atomic E-state index is 0.110. The van der Waals surface area contributed by atoms with Crippen molar-refractivity contribution in [2.45, 2.75) is 26.2 Å². The zero-order chi connectivity index (χ0) is 17.6. The summed E-state index contributed by atoms with van der Waals surface area (Å²) in [5.74, 6) is 0.952. The van der Waals surface area contributed by atoms with Crippen LogP contribution in [0, 0.1) is 5.92 Å². The molecule has 3 rings (SSSR count). The number of hydrogen-bond donors (Lipinski definition) is 1. The summed E-state index contributed by atoms with van der Waals surface area (Å²) >= 11 is 0. The number of piperidine rings is 1. The molecule has 0 atom stereocenters. The molecule has 2 heterocycles. The van der Waals surface area contributed by atoms with Crippen molar-refractivity contribution in [1.82, 2.24) is 9.80 Å². The first-order valence-corrected chi connectivity index (χ1v) is 9.66. The molecule has 1 amide bonds. The molecule has 25 heavy (non-hydrogen) atoms. The van der Waals surface area contributed by atoms with Crippen LogP contribution in [0.4, 0.5) is 11.4 Å². The fourth-order valence-electron chi connectivity index (χ4n) is 3.58. The molecular formula is C20H32N4O. The number of hydrogen-bond acceptors (Lipinski definition) is 4. The molecule has 1 aromatic rings. The lowest BCUT2D eigenvalue weighted by Gasteiger charge is -2.32. The molecule has 1 aromatic carbocycles. The van der Waals surface area contributed by atoms with Crippen LogP contribution in [0.15, 0.2) is 24.3 Å². The van der Waals surface area contributed by atoms with Gasteiger partial charge in [0.15, 0.2) is 0 Å². The molecule has 2 aliphatic heterocycles. The normalized spacial score (nSPS) is 20.6. The minimum atomic E-state index is 0.110. The van der Waals surface area contributed by atoms with Gasteiger partial charge in [-0.15, -0.1) is 0 Å². The topological polar surface area (TPSA) is 38.8 Å². The van der Waals surface area contributed by atoms with Crippen molar-refractivity contribution in [2.75, 3.05) is 63.1 Å². The minimum Gasteiger partial charge on any atom is -0.372 e. The monoisotopic (exact) mass is 344 g/mol. The molecule has 0 saturated carbocycles. The summed E-state index contributed by atoms with van der Waals surface area (Å²) in [7, 11) is 2.15. The molecule has 0 unspecified atom stereocenters. The average Bonchev–Trinajstić information content (AvgIpc) is 2.63. The molecule has 0 radical (unpaired) electrons. The number of carbonyl (C=O) groups is 1.